The van der Waals surface area contributed by atoms with E-state index in [2.05, 4.69) is 28.9 Å². The van der Waals surface area contributed by atoms with Crippen LogP contribution in [0.5, 0.6) is 0 Å². The van der Waals surface area contributed by atoms with Gasteiger partial charge in [-0.2, -0.15) is 0 Å². The molecule has 4 heteroatoms. The van der Waals surface area contributed by atoms with E-state index in [9.17, 15) is 5.11 Å². The van der Waals surface area contributed by atoms with E-state index in [-0.39, 0.29) is 11.2 Å². The second-order valence-corrected chi connectivity index (χ2v) is 9.68. The van der Waals surface area contributed by atoms with Crippen LogP contribution in [0.15, 0.2) is 33.9 Å². The Bertz CT molecular complexity index is 702. The van der Waals surface area contributed by atoms with Crippen LogP contribution in [0.1, 0.15) is 58.3 Å². The van der Waals surface area contributed by atoms with E-state index < -0.39 is 5.60 Å². The van der Waals surface area contributed by atoms with Gasteiger partial charge in [0.15, 0.2) is 5.79 Å². The van der Waals surface area contributed by atoms with Crippen LogP contribution in [0.3, 0.4) is 0 Å². The predicted molar refractivity (Wildman–Crippen MR) is 105 cm³/mol. The van der Waals surface area contributed by atoms with Crippen molar-refractivity contribution in [1.82, 2.24) is 0 Å². The van der Waals surface area contributed by atoms with E-state index in [1.165, 1.54) is 12.8 Å². The molecule has 3 nitrogen and oxygen atoms in total. The van der Waals surface area contributed by atoms with Crippen LogP contribution in [0.25, 0.3) is 0 Å². The van der Waals surface area contributed by atoms with E-state index in [0.717, 1.165) is 51.7 Å². The lowest BCUT2D eigenvalue weighted by molar-refractivity contribution is -0.164. The van der Waals surface area contributed by atoms with Crippen molar-refractivity contribution in [2.24, 2.45) is 17.3 Å². The molecule has 1 spiro atoms. The van der Waals surface area contributed by atoms with Gasteiger partial charge in [-0.25, -0.2) is 0 Å². The molecule has 0 aromatic rings. The second-order valence-electron chi connectivity index (χ2n) is 9.15. The van der Waals surface area contributed by atoms with Crippen molar-refractivity contribution in [3.63, 3.8) is 0 Å². The lowest BCUT2D eigenvalue weighted by Gasteiger charge is -2.50. The van der Waals surface area contributed by atoms with Gasteiger partial charge in [0.25, 0.3) is 0 Å². The number of ether oxygens (including phenoxy) is 2. The number of rotatable bonds is 1. The average molecular weight is 421 g/mol. The van der Waals surface area contributed by atoms with Crippen LogP contribution in [-0.4, -0.2) is 29.7 Å². The molecule has 0 aromatic heterocycles. The van der Waals surface area contributed by atoms with Crippen molar-refractivity contribution >= 4 is 15.9 Å². The molecule has 0 radical (unpaired) electrons. The van der Waals surface area contributed by atoms with Gasteiger partial charge in [0.05, 0.1) is 18.8 Å². The van der Waals surface area contributed by atoms with Crippen molar-refractivity contribution in [3.05, 3.63) is 33.9 Å². The van der Waals surface area contributed by atoms with Crippen LogP contribution in [0.2, 0.25) is 0 Å². The van der Waals surface area contributed by atoms with E-state index in [0.29, 0.717) is 11.8 Å². The summed E-state index contributed by atoms with van der Waals surface area (Å²) in [5, 5.41) is 11.3. The van der Waals surface area contributed by atoms with E-state index >= 15 is 0 Å². The molecule has 1 heterocycles. The fourth-order valence-electron chi connectivity index (χ4n) is 6.72. The normalized spacial score (nSPS) is 44.2. The summed E-state index contributed by atoms with van der Waals surface area (Å²) in [6.45, 7) is 3.80. The summed E-state index contributed by atoms with van der Waals surface area (Å²) in [6.07, 6.45) is 12.9. The maximum Gasteiger partial charge on any atom is 0.172 e. The molecule has 0 aromatic carbocycles. The second kappa shape index (κ2) is 6.04. The first kappa shape index (κ1) is 17.7. The quantitative estimate of drug-likeness (QED) is 0.647. The molecule has 5 aliphatic rings. The Morgan fingerprint density at radius 1 is 1.19 bits per heavy atom. The summed E-state index contributed by atoms with van der Waals surface area (Å²) in [6, 6.07) is 0. The third-order valence-corrected chi connectivity index (χ3v) is 8.46. The smallest absolute Gasteiger partial charge is 0.172 e. The fourth-order valence-corrected chi connectivity index (χ4v) is 7.16. The van der Waals surface area contributed by atoms with Gasteiger partial charge in [0, 0.05) is 18.3 Å². The number of hydrogen-bond acceptors (Lipinski definition) is 3. The minimum atomic E-state index is -0.681. The molecule has 4 atom stereocenters. The lowest BCUT2D eigenvalue weighted by atomic mass is 9.56. The Morgan fingerprint density at radius 3 is 2.77 bits per heavy atom. The van der Waals surface area contributed by atoms with Crippen molar-refractivity contribution in [3.8, 4) is 0 Å². The van der Waals surface area contributed by atoms with Crippen LogP contribution in [0.4, 0.5) is 0 Å². The molecule has 0 bridgehead atoms. The molecule has 26 heavy (non-hydrogen) atoms. The van der Waals surface area contributed by atoms with Gasteiger partial charge >= 0.3 is 0 Å². The minimum absolute atomic E-state index is 0.0446. The summed E-state index contributed by atoms with van der Waals surface area (Å²) in [7, 11) is 0. The van der Waals surface area contributed by atoms with Gasteiger partial charge in [-0.3, -0.25) is 0 Å². The van der Waals surface area contributed by atoms with Gasteiger partial charge in [-0.05, 0) is 72.6 Å². The molecule has 1 aliphatic heterocycles. The third-order valence-electron chi connectivity index (χ3n) is 8.20. The summed E-state index contributed by atoms with van der Waals surface area (Å²) >= 11 is 3.39. The van der Waals surface area contributed by atoms with Gasteiger partial charge in [-0.1, -0.05) is 34.5 Å². The number of fused-ring (bicyclic) bond motifs is 4. The third kappa shape index (κ3) is 2.35. The Labute approximate surface area is 164 Å². The maximum absolute atomic E-state index is 11.3. The zero-order valence-electron chi connectivity index (χ0n) is 15.6. The molecule has 0 amide bonds. The maximum atomic E-state index is 11.3. The van der Waals surface area contributed by atoms with E-state index in [1.54, 1.807) is 16.7 Å². The van der Waals surface area contributed by atoms with Crippen LogP contribution in [0, 0.1) is 17.3 Å². The summed E-state index contributed by atoms with van der Waals surface area (Å²) in [5.41, 5.74) is 4.07. The van der Waals surface area contributed by atoms with Gasteiger partial charge in [0.1, 0.15) is 0 Å². The average Bonchev–Trinajstić information content (AvgIpc) is 3.18. The van der Waals surface area contributed by atoms with Crippen molar-refractivity contribution < 1.29 is 14.6 Å². The molecular weight excluding hydrogens is 392 g/mol. The SMILES string of the molecule is C[C@]12CC=C3C4=C(CC[C@H]3[C@@H]1CC[C@@]2(O)/C=C/Br)CC1(CC4)OCCO1. The summed E-state index contributed by atoms with van der Waals surface area (Å²) < 4.78 is 12.0. The fraction of sp³-hybridized carbons (Fsp3) is 0.727. The molecule has 2 fully saturated rings. The van der Waals surface area contributed by atoms with Crippen LogP contribution < -0.4 is 0 Å². The zero-order chi connectivity index (χ0) is 18.0. The predicted octanol–water partition coefficient (Wildman–Crippen LogP) is 5.01. The van der Waals surface area contributed by atoms with Crippen LogP contribution >= 0.6 is 15.9 Å². The Hall–Kier alpha value is -0.420. The Balaban J connectivity index is 1.48. The highest BCUT2D eigenvalue weighted by Crippen LogP contribution is 2.63. The molecular formula is C22H29BrO3. The number of allylic oxidation sites excluding steroid dienone is 3. The van der Waals surface area contributed by atoms with Gasteiger partial charge < -0.3 is 14.6 Å². The highest BCUT2D eigenvalue weighted by Gasteiger charge is 2.59. The molecule has 5 rings (SSSR count). The highest BCUT2D eigenvalue weighted by molar-refractivity contribution is 9.11. The van der Waals surface area contributed by atoms with Crippen LogP contribution in [-0.2, 0) is 9.47 Å². The number of aliphatic hydroxyl groups is 1. The van der Waals surface area contributed by atoms with Crippen molar-refractivity contribution in [2.45, 2.75) is 69.7 Å². The standard InChI is InChI=1S/C22H29BrO3/c1-20-7-4-17-16-5-9-22(25-12-13-26-22)14-15(16)2-3-18(17)19(20)6-8-21(20,24)10-11-23/h4,10-11,18-19,24H,2-3,5-9,12-14H2,1H3/b11-10+/t18-,19+,20+,21-/m1/s1. The van der Waals surface area contributed by atoms with Crippen molar-refractivity contribution in [1.29, 1.82) is 0 Å². The highest BCUT2D eigenvalue weighted by atomic mass is 79.9. The molecule has 142 valence electrons. The molecule has 1 saturated carbocycles. The monoisotopic (exact) mass is 420 g/mol. The first-order valence-electron chi connectivity index (χ1n) is 10.2. The summed E-state index contributed by atoms with van der Waals surface area (Å²) in [4.78, 5) is 1.85. The topological polar surface area (TPSA) is 38.7 Å². The first-order chi connectivity index (χ1) is 12.5. The molecule has 0 unspecified atom stereocenters. The summed E-state index contributed by atoms with van der Waals surface area (Å²) in [5.74, 6) is 0.883. The van der Waals surface area contributed by atoms with Gasteiger partial charge in [0.2, 0.25) is 0 Å². The first-order valence-corrected chi connectivity index (χ1v) is 11.1. The Morgan fingerprint density at radius 2 is 2.00 bits per heavy atom. The molecule has 1 N–H and O–H groups in total. The Kier molecular flexibility index (Phi) is 4.10. The molecule has 4 aliphatic carbocycles. The largest absolute Gasteiger partial charge is 0.385 e. The van der Waals surface area contributed by atoms with Crippen molar-refractivity contribution in [2.75, 3.05) is 13.2 Å². The van der Waals surface area contributed by atoms with E-state index in [4.69, 9.17) is 9.47 Å². The lowest BCUT2D eigenvalue weighted by Crippen LogP contribution is -2.48. The molecule has 1 saturated heterocycles. The van der Waals surface area contributed by atoms with E-state index in [1.807, 2.05) is 11.1 Å². The minimum Gasteiger partial charge on any atom is -0.385 e. The zero-order valence-corrected chi connectivity index (χ0v) is 17.2. The number of hydrogen-bond donors (Lipinski definition) is 1. The number of halogens is 1. The van der Waals surface area contributed by atoms with Gasteiger partial charge in [-0.15, -0.1) is 0 Å².